The summed E-state index contributed by atoms with van der Waals surface area (Å²) in [5.41, 5.74) is 0.992. The van der Waals surface area contributed by atoms with Crippen LogP contribution in [-0.2, 0) is 5.60 Å². The lowest BCUT2D eigenvalue weighted by atomic mass is 10.1. The van der Waals surface area contributed by atoms with Crippen LogP contribution >= 0.6 is 11.3 Å². The summed E-state index contributed by atoms with van der Waals surface area (Å²) in [4.78, 5) is 12.3. The van der Waals surface area contributed by atoms with Crippen molar-refractivity contribution in [3.05, 3.63) is 22.7 Å². The van der Waals surface area contributed by atoms with Gasteiger partial charge in [0.25, 0.3) is 0 Å². The van der Waals surface area contributed by atoms with Gasteiger partial charge in [-0.25, -0.2) is 4.98 Å². The number of H-pyrrole nitrogens is 1. The van der Waals surface area contributed by atoms with Crippen molar-refractivity contribution in [2.45, 2.75) is 50.7 Å². The van der Waals surface area contributed by atoms with Gasteiger partial charge in [-0.1, -0.05) is 0 Å². The van der Waals surface area contributed by atoms with Crippen LogP contribution in [0.5, 0.6) is 0 Å². The van der Waals surface area contributed by atoms with E-state index in [9.17, 15) is 10.2 Å². The average molecular weight is 401 g/mol. The molecule has 0 bridgehead atoms. The van der Waals surface area contributed by atoms with Crippen LogP contribution in [0.1, 0.15) is 49.6 Å². The largest absolute Gasteiger partial charge is 0.391 e. The molecule has 28 heavy (non-hydrogen) atoms. The molecule has 148 valence electrons. The van der Waals surface area contributed by atoms with E-state index in [0.29, 0.717) is 30.6 Å². The maximum atomic E-state index is 10.4. The third kappa shape index (κ3) is 3.34. The summed E-state index contributed by atoms with van der Waals surface area (Å²) in [5, 5.41) is 31.2. The lowest BCUT2D eigenvalue weighted by Gasteiger charge is -2.16. The molecule has 0 unspecified atom stereocenters. The average Bonchev–Trinajstić information content (AvgIpc) is 3.04. The summed E-state index contributed by atoms with van der Waals surface area (Å²) >= 11 is 1.48. The Morgan fingerprint density at radius 1 is 1.25 bits per heavy atom. The molecule has 1 aliphatic heterocycles. The number of aliphatic hydroxyl groups excluding tert-OH is 1. The first-order chi connectivity index (χ1) is 13.4. The Labute approximate surface area is 166 Å². The Hall–Kier alpha value is -2.23. The van der Waals surface area contributed by atoms with Crippen molar-refractivity contribution in [3.63, 3.8) is 0 Å². The lowest BCUT2D eigenvalue weighted by Crippen LogP contribution is -2.23. The zero-order valence-corrected chi connectivity index (χ0v) is 16.8. The van der Waals surface area contributed by atoms with Gasteiger partial charge in [-0.2, -0.15) is 10.1 Å². The fourth-order valence-corrected chi connectivity index (χ4v) is 4.54. The molecule has 3 aromatic heterocycles. The number of aromatic nitrogens is 4. The number of fused-ring (bicyclic) bond motifs is 1. The molecule has 0 spiro atoms. The molecule has 0 radical (unpaired) electrons. The highest BCUT2D eigenvalue weighted by molar-refractivity contribution is 7.19. The number of aromatic amines is 1. The Balaban J connectivity index is 1.56. The van der Waals surface area contributed by atoms with E-state index in [1.807, 2.05) is 17.0 Å². The van der Waals surface area contributed by atoms with E-state index in [0.717, 1.165) is 33.2 Å². The monoisotopic (exact) mass is 400 g/mol. The number of hydrogen-bond donors (Lipinski definition) is 4. The molecule has 2 aliphatic rings. The van der Waals surface area contributed by atoms with Gasteiger partial charge in [0.05, 0.1) is 21.9 Å². The highest BCUT2D eigenvalue weighted by Crippen LogP contribution is 2.41. The molecular weight excluding hydrogens is 376 g/mol. The predicted octanol–water partition coefficient (Wildman–Crippen LogP) is 2.83. The SMILES string of the molecule is CC(C)(O)c1cc2nc(N3CC[C@H](O)C3)nc(Nc3cc(C4CC4)[nH]n3)c2s1. The Kier molecular flexibility index (Phi) is 4.08. The van der Waals surface area contributed by atoms with Gasteiger partial charge in [0.1, 0.15) is 0 Å². The van der Waals surface area contributed by atoms with Crippen molar-refractivity contribution >= 4 is 39.1 Å². The highest BCUT2D eigenvalue weighted by atomic mass is 32.1. The Morgan fingerprint density at radius 3 is 2.75 bits per heavy atom. The zero-order chi connectivity index (χ0) is 19.5. The van der Waals surface area contributed by atoms with E-state index in [4.69, 9.17) is 9.97 Å². The van der Waals surface area contributed by atoms with E-state index >= 15 is 0 Å². The normalized spacial score (nSPS) is 20.3. The molecular formula is C19H24N6O2S. The van der Waals surface area contributed by atoms with Gasteiger partial charge in [-0.05, 0) is 39.2 Å². The van der Waals surface area contributed by atoms with E-state index < -0.39 is 5.60 Å². The van der Waals surface area contributed by atoms with E-state index in [2.05, 4.69) is 15.5 Å². The van der Waals surface area contributed by atoms with Crippen molar-refractivity contribution in [2.24, 2.45) is 0 Å². The van der Waals surface area contributed by atoms with Crippen LogP contribution in [-0.4, -0.2) is 49.6 Å². The summed E-state index contributed by atoms with van der Waals surface area (Å²) in [6.07, 6.45) is 2.78. The van der Waals surface area contributed by atoms with E-state index in [1.54, 1.807) is 13.8 Å². The zero-order valence-electron chi connectivity index (χ0n) is 15.9. The summed E-state index contributed by atoms with van der Waals surface area (Å²) in [5.74, 6) is 2.59. The van der Waals surface area contributed by atoms with Crippen LogP contribution in [0.3, 0.4) is 0 Å². The molecule has 1 saturated carbocycles. The van der Waals surface area contributed by atoms with E-state index in [-0.39, 0.29) is 6.10 Å². The van der Waals surface area contributed by atoms with Crippen LogP contribution in [0.4, 0.5) is 17.6 Å². The highest BCUT2D eigenvalue weighted by Gasteiger charge is 2.28. The fourth-order valence-electron chi connectivity index (χ4n) is 3.49. The molecule has 4 heterocycles. The van der Waals surface area contributed by atoms with Crippen molar-refractivity contribution in [2.75, 3.05) is 23.3 Å². The summed E-state index contributed by atoms with van der Waals surface area (Å²) < 4.78 is 0.886. The van der Waals surface area contributed by atoms with Crippen LogP contribution in [0.25, 0.3) is 10.2 Å². The maximum absolute atomic E-state index is 10.4. The minimum Gasteiger partial charge on any atom is -0.391 e. The van der Waals surface area contributed by atoms with Crippen LogP contribution in [0.2, 0.25) is 0 Å². The number of nitrogens with zero attached hydrogens (tertiary/aromatic N) is 4. The molecule has 4 N–H and O–H groups in total. The third-order valence-electron chi connectivity index (χ3n) is 5.27. The smallest absolute Gasteiger partial charge is 0.228 e. The number of anilines is 3. The minimum atomic E-state index is -0.946. The van der Waals surface area contributed by atoms with Gasteiger partial charge in [-0.3, -0.25) is 5.10 Å². The number of rotatable bonds is 5. The first kappa shape index (κ1) is 17.8. The fraction of sp³-hybridized carbons (Fsp3) is 0.526. The van der Waals surface area contributed by atoms with Crippen LogP contribution < -0.4 is 10.2 Å². The first-order valence-electron chi connectivity index (χ1n) is 9.66. The second-order valence-corrected chi connectivity index (χ2v) is 9.30. The summed E-state index contributed by atoms with van der Waals surface area (Å²) in [7, 11) is 0. The quantitative estimate of drug-likeness (QED) is 0.521. The second kappa shape index (κ2) is 6.40. The Bertz CT molecular complexity index is 1020. The van der Waals surface area contributed by atoms with Gasteiger partial charge in [0, 0.05) is 35.6 Å². The first-order valence-corrected chi connectivity index (χ1v) is 10.5. The number of aliphatic hydroxyl groups is 2. The van der Waals surface area contributed by atoms with Crippen LogP contribution in [0.15, 0.2) is 12.1 Å². The third-order valence-corrected chi connectivity index (χ3v) is 6.71. The van der Waals surface area contributed by atoms with Gasteiger partial charge in [0.2, 0.25) is 5.95 Å². The molecule has 2 fully saturated rings. The van der Waals surface area contributed by atoms with Crippen LogP contribution in [0, 0.1) is 0 Å². The molecule has 1 saturated heterocycles. The molecule has 8 nitrogen and oxygen atoms in total. The van der Waals surface area contributed by atoms with Gasteiger partial charge >= 0.3 is 0 Å². The number of nitrogens with one attached hydrogen (secondary N) is 2. The Morgan fingerprint density at radius 2 is 2.07 bits per heavy atom. The molecule has 5 rings (SSSR count). The number of hydrogen-bond acceptors (Lipinski definition) is 8. The maximum Gasteiger partial charge on any atom is 0.228 e. The predicted molar refractivity (Wildman–Crippen MR) is 109 cm³/mol. The molecule has 1 atom stereocenters. The topological polar surface area (TPSA) is 110 Å². The second-order valence-electron chi connectivity index (χ2n) is 8.25. The van der Waals surface area contributed by atoms with Crippen molar-refractivity contribution in [1.29, 1.82) is 0 Å². The minimum absolute atomic E-state index is 0.349. The van der Waals surface area contributed by atoms with E-state index in [1.165, 1.54) is 24.2 Å². The van der Waals surface area contributed by atoms with Gasteiger partial charge < -0.3 is 20.4 Å². The van der Waals surface area contributed by atoms with Gasteiger partial charge in [0.15, 0.2) is 11.6 Å². The lowest BCUT2D eigenvalue weighted by molar-refractivity contribution is 0.0826. The summed E-state index contributed by atoms with van der Waals surface area (Å²) in [6.45, 7) is 4.79. The van der Waals surface area contributed by atoms with Crippen molar-refractivity contribution < 1.29 is 10.2 Å². The molecule has 0 aromatic carbocycles. The standard InChI is InChI=1S/C19H24N6O2S/c1-19(2,27)14-7-13-16(28-14)17(21-15-8-12(23-24-15)10-3-4-10)22-18(20-13)25-6-5-11(26)9-25/h7-8,10-11,26-27H,3-6,9H2,1-2H3,(H2,20,21,22,23,24)/t11-/m0/s1. The van der Waals surface area contributed by atoms with Gasteiger partial charge in [-0.15, -0.1) is 11.3 Å². The molecule has 1 aliphatic carbocycles. The molecule has 9 heteroatoms. The molecule has 3 aromatic rings. The van der Waals surface area contributed by atoms with Crippen molar-refractivity contribution in [3.8, 4) is 0 Å². The number of β-amino-alcohol motifs (C(OH)–C–C–N with tert-alkyl or cyclic N) is 1. The molecule has 0 amide bonds. The number of thiophene rings is 1. The summed E-state index contributed by atoms with van der Waals surface area (Å²) in [6, 6.07) is 3.96. The van der Waals surface area contributed by atoms with Crippen molar-refractivity contribution in [1.82, 2.24) is 20.2 Å².